The lowest BCUT2D eigenvalue weighted by molar-refractivity contribution is 0.0950. The molecule has 6 heteroatoms. The lowest BCUT2D eigenvalue weighted by Crippen LogP contribution is -2.33. The van der Waals surface area contributed by atoms with Crippen LogP contribution in [-0.4, -0.2) is 47.7 Å². The second-order valence-electron chi connectivity index (χ2n) is 3.76. The van der Waals surface area contributed by atoms with E-state index in [2.05, 4.69) is 27.3 Å². The van der Waals surface area contributed by atoms with Gasteiger partial charge in [-0.25, -0.2) is 0 Å². The first-order valence-electron chi connectivity index (χ1n) is 5.33. The number of H-pyrrole nitrogens is 1. The second kappa shape index (κ2) is 5.50. The van der Waals surface area contributed by atoms with Gasteiger partial charge < -0.3 is 16.0 Å². The molecular weight excluding hydrogens is 206 g/mol. The van der Waals surface area contributed by atoms with Crippen LogP contribution in [0.3, 0.4) is 0 Å². The van der Waals surface area contributed by atoms with Gasteiger partial charge in [0.25, 0.3) is 5.91 Å². The lowest BCUT2D eigenvalue weighted by atomic mass is 10.2. The molecule has 0 spiro atoms. The highest BCUT2D eigenvalue weighted by atomic mass is 16.1. The normalized spacial score (nSPS) is 10.8. The van der Waals surface area contributed by atoms with Crippen molar-refractivity contribution in [3.05, 3.63) is 11.3 Å². The van der Waals surface area contributed by atoms with Gasteiger partial charge in [0.1, 0.15) is 5.56 Å². The number of carbonyl (C=O) groups is 1. The molecular formula is C10H19N5O. The number of amides is 1. The summed E-state index contributed by atoms with van der Waals surface area (Å²) < 4.78 is 0. The number of nitrogens with two attached hydrogens (primary N) is 1. The summed E-state index contributed by atoms with van der Waals surface area (Å²) in [6.45, 7) is 6.23. The second-order valence-corrected chi connectivity index (χ2v) is 3.76. The molecule has 1 rings (SSSR count). The zero-order chi connectivity index (χ0) is 12.1. The van der Waals surface area contributed by atoms with E-state index in [0.717, 1.165) is 13.1 Å². The van der Waals surface area contributed by atoms with Crippen molar-refractivity contribution in [3.8, 4) is 0 Å². The van der Waals surface area contributed by atoms with Crippen LogP contribution >= 0.6 is 0 Å². The maximum atomic E-state index is 11.7. The Kier molecular flexibility index (Phi) is 4.30. The van der Waals surface area contributed by atoms with Crippen LogP contribution in [0.1, 0.15) is 23.0 Å². The number of likely N-dealkylation sites (N-methyl/N-ethyl adjacent to an activating group) is 1. The van der Waals surface area contributed by atoms with Crippen molar-refractivity contribution in [2.75, 3.05) is 32.4 Å². The van der Waals surface area contributed by atoms with Crippen LogP contribution in [0.15, 0.2) is 0 Å². The largest absolute Gasteiger partial charge is 0.382 e. The van der Waals surface area contributed by atoms with Crippen LogP contribution in [-0.2, 0) is 0 Å². The minimum Gasteiger partial charge on any atom is -0.382 e. The number of nitrogens with one attached hydrogen (secondary N) is 2. The van der Waals surface area contributed by atoms with E-state index in [1.54, 1.807) is 6.92 Å². The number of hydrogen-bond acceptors (Lipinski definition) is 4. The highest BCUT2D eigenvalue weighted by molar-refractivity contribution is 5.99. The van der Waals surface area contributed by atoms with E-state index in [-0.39, 0.29) is 11.7 Å². The van der Waals surface area contributed by atoms with E-state index >= 15 is 0 Å². The Morgan fingerprint density at radius 1 is 1.62 bits per heavy atom. The molecule has 0 bridgehead atoms. The van der Waals surface area contributed by atoms with Gasteiger partial charge in [0.15, 0.2) is 5.82 Å². The van der Waals surface area contributed by atoms with Crippen LogP contribution in [0.4, 0.5) is 5.82 Å². The molecule has 1 aromatic rings. The summed E-state index contributed by atoms with van der Waals surface area (Å²) in [6.07, 6.45) is 0. The van der Waals surface area contributed by atoms with Crippen molar-refractivity contribution in [2.45, 2.75) is 13.8 Å². The molecule has 0 saturated carbocycles. The van der Waals surface area contributed by atoms with Crippen LogP contribution in [0.5, 0.6) is 0 Å². The molecule has 16 heavy (non-hydrogen) atoms. The summed E-state index contributed by atoms with van der Waals surface area (Å²) in [7, 11) is 2.00. The van der Waals surface area contributed by atoms with E-state index in [1.807, 2.05) is 7.05 Å². The molecule has 0 atom stereocenters. The predicted octanol–water partition coefficient (Wildman–Crippen LogP) is -0.0182. The highest BCUT2D eigenvalue weighted by Gasteiger charge is 2.15. The van der Waals surface area contributed by atoms with E-state index in [4.69, 9.17) is 5.73 Å². The van der Waals surface area contributed by atoms with Gasteiger partial charge in [-0.3, -0.25) is 9.89 Å². The molecule has 90 valence electrons. The molecule has 0 aliphatic heterocycles. The van der Waals surface area contributed by atoms with Gasteiger partial charge >= 0.3 is 0 Å². The summed E-state index contributed by atoms with van der Waals surface area (Å²) in [4.78, 5) is 13.9. The Morgan fingerprint density at radius 3 is 2.81 bits per heavy atom. The first-order chi connectivity index (χ1) is 7.56. The number of aromatic nitrogens is 2. The molecule has 6 nitrogen and oxygen atoms in total. The number of nitrogen functional groups attached to an aromatic ring is 1. The molecule has 0 fully saturated rings. The minimum absolute atomic E-state index is 0.173. The van der Waals surface area contributed by atoms with Crippen LogP contribution in [0, 0.1) is 6.92 Å². The molecule has 0 aliphatic rings. The first kappa shape index (κ1) is 12.5. The SMILES string of the molecule is CCN(C)CCNC(=O)c1c(N)n[nH]c1C. The van der Waals surface area contributed by atoms with Gasteiger partial charge in [0, 0.05) is 18.8 Å². The maximum absolute atomic E-state index is 11.7. The number of rotatable bonds is 5. The van der Waals surface area contributed by atoms with Crippen LogP contribution in [0.2, 0.25) is 0 Å². The fourth-order valence-electron chi connectivity index (χ4n) is 1.34. The van der Waals surface area contributed by atoms with Crippen molar-refractivity contribution >= 4 is 11.7 Å². The van der Waals surface area contributed by atoms with Crippen LogP contribution < -0.4 is 11.1 Å². The first-order valence-corrected chi connectivity index (χ1v) is 5.33. The third-order valence-electron chi connectivity index (χ3n) is 2.52. The Morgan fingerprint density at radius 2 is 2.31 bits per heavy atom. The molecule has 0 radical (unpaired) electrons. The molecule has 1 heterocycles. The van der Waals surface area contributed by atoms with Crippen molar-refractivity contribution in [2.24, 2.45) is 0 Å². The van der Waals surface area contributed by atoms with Crippen molar-refractivity contribution in [1.29, 1.82) is 0 Å². The molecule has 4 N–H and O–H groups in total. The number of anilines is 1. The lowest BCUT2D eigenvalue weighted by Gasteiger charge is -2.13. The number of hydrogen-bond donors (Lipinski definition) is 3. The van der Waals surface area contributed by atoms with Gasteiger partial charge in [-0.2, -0.15) is 5.10 Å². The van der Waals surface area contributed by atoms with E-state index in [1.165, 1.54) is 0 Å². The molecule has 0 unspecified atom stereocenters. The number of carbonyl (C=O) groups excluding carboxylic acids is 1. The van der Waals surface area contributed by atoms with Gasteiger partial charge in [-0.1, -0.05) is 6.92 Å². The molecule has 1 amide bonds. The summed E-state index contributed by atoms with van der Waals surface area (Å²) in [5.74, 6) is 0.0760. The summed E-state index contributed by atoms with van der Waals surface area (Å²) in [6, 6.07) is 0. The van der Waals surface area contributed by atoms with Crippen LogP contribution in [0.25, 0.3) is 0 Å². The van der Waals surface area contributed by atoms with E-state index < -0.39 is 0 Å². The predicted molar refractivity (Wildman–Crippen MR) is 63.2 cm³/mol. The molecule has 0 aliphatic carbocycles. The third kappa shape index (κ3) is 2.96. The van der Waals surface area contributed by atoms with Crippen molar-refractivity contribution < 1.29 is 4.79 Å². The zero-order valence-electron chi connectivity index (χ0n) is 10.0. The Bertz CT molecular complexity index is 341. The van der Waals surface area contributed by atoms with E-state index in [0.29, 0.717) is 17.8 Å². The molecule has 1 aromatic heterocycles. The molecule has 0 saturated heterocycles. The summed E-state index contributed by atoms with van der Waals surface area (Å²) >= 11 is 0. The monoisotopic (exact) mass is 225 g/mol. The maximum Gasteiger partial charge on any atom is 0.256 e. The van der Waals surface area contributed by atoms with Gasteiger partial charge in [-0.15, -0.1) is 0 Å². The quantitative estimate of drug-likeness (QED) is 0.657. The van der Waals surface area contributed by atoms with Gasteiger partial charge in [0.2, 0.25) is 0 Å². The Balaban J connectivity index is 2.47. The van der Waals surface area contributed by atoms with Gasteiger partial charge in [0.05, 0.1) is 0 Å². The van der Waals surface area contributed by atoms with E-state index in [9.17, 15) is 4.79 Å². The number of aromatic amines is 1. The molecule has 0 aromatic carbocycles. The zero-order valence-corrected chi connectivity index (χ0v) is 10.0. The fourth-order valence-corrected chi connectivity index (χ4v) is 1.34. The number of aryl methyl sites for hydroxylation is 1. The minimum atomic E-state index is -0.173. The summed E-state index contributed by atoms with van der Waals surface area (Å²) in [5, 5.41) is 9.27. The van der Waals surface area contributed by atoms with Crippen molar-refractivity contribution in [3.63, 3.8) is 0 Å². The standard InChI is InChI=1S/C10H19N5O/c1-4-15(3)6-5-12-10(16)8-7(2)13-14-9(8)11/h4-6H2,1-3H3,(H,12,16)(H3,11,13,14). The topological polar surface area (TPSA) is 87.0 Å². The third-order valence-corrected chi connectivity index (χ3v) is 2.52. The highest BCUT2D eigenvalue weighted by Crippen LogP contribution is 2.11. The summed E-state index contributed by atoms with van der Waals surface area (Å²) in [5.41, 5.74) is 6.72. The Labute approximate surface area is 95.2 Å². The van der Waals surface area contributed by atoms with Gasteiger partial charge in [-0.05, 0) is 20.5 Å². The average molecular weight is 225 g/mol. The smallest absolute Gasteiger partial charge is 0.256 e. The fraction of sp³-hybridized carbons (Fsp3) is 0.600. The van der Waals surface area contributed by atoms with Crippen molar-refractivity contribution in [1.82, 2.24) is 20.4 Å². The number of nitrogens with zero attached hydrogens (tertiary/aromatic N) is 2. The average Bonchev–Trinajstić information content (AvgIpc) is 2.58. The Hall–Kier alpha value is -1.56.